The summed E-state index contributed by atoms with van der Waals surface area (Å²) in [7, 11) is 0. The SMILES string of the molecule is C1N2CN3CN1CN(C2)C3.Clc1ccc2nc(C3CC3)cn2n1.Nc1ccc(Cl)nn1.O=C(CBr)C1CC1.O=C1CC(C=C(F)F)CN1.O=C1CC(C=C(F)F)CN1Cc1c(C2CC2)nc2ccc(Cl)nn12.O=Cc1c(C2CC2)nc2ccc(Cl)nn12.OCC1=[n+]2nc(Cl)ccc2=NC1C1CC1. The average Bonchev–Trinajstić information content (AvgIpc) is 1.68. The molecule has 3 atom stereocenters. The fourth-order valence-corrected chi connectivity index (χ4v) is 13.5. The number of ketones is 1. The molecule has 4 bridgehead atoms. The first kappa shape index (κ1) is 74.4. The number of nitrogens with zero attached hydrogens (tertiary/aromatic N) is 19. The van der Waals surface area contributed by atoms with Gasteiger partial charge in [0.05, 0.1) is 80.9 Å². The molecule has 26 nitrogen and oxygen atoms in total. The summed E-state index contributed by atoms with van der Waals surface area (Å²) in [4.78, 5) is 73.6. The molecule has 8 aromatic heterocycles. The van der Waals surface area contributed by atoms with E-state index in [1.165, 1.54) is 70.2 Å². The van der Waals surface area contributed by atoms with Crippen molar-refractivity contribution in [1.82, 2.24) is 88.9 Å². The minimum atomic E-state index is -1.74. The molecule has 4 N–H and O–H groups in total. The van der Waals surface area contributed by atoms with Gasteiger partial charge in [-0.3, -0.25) is 38.8 Å². The lowest BCUT2D eigenvalue weighted by atomic mass is 10.1. The van der Waals surface area contributed by atoms with E-state index in [4.69, 9.17) is 63.7 Å². The molecule has 2 amide bonds. The van der Waals surface area contributed by atoms with Gasteiger partial charge < -0.3 is 21.1 Å². The van der Waals surface area contributed by atoms with Gasteiger partial charge in [0.2, 0.25) is 17.9 Å². The van der Waals surface area contributed by atoms with Crippen LogP contribution >= 0.6 is 73.9 Å². The number of carbonyl (C=O) groups excluding carboxylic acids is 4. The third kappa shape index (κ3) is 20.1. The number of anilines is 1. The van der Waals surface area contributed by atoms with Gasteiger partial charge in [0.15, 0.2) is 39.2 Å². The number of amides is 2. The van der Waals surface area contributed by atoms with Gasteiger partial charge in [0.25, 0.3) is 12.2 Å². The van der Waals surface area contributed by atoms with Crippen molar-refractivity contribution in [2.24, 2.45) is 28.7 Å². The molecule has 5 saturated carbocycles. The Morgan fingerprint density at radius 3 is 1.73 bits per heavy atom. The highest BCUT2D eigenvalue weighted by atomic mass is 79.9. The van der Waals surface area contributed by atoms with Gasteiger partial charge in [-0.25, -0.2) is 28.5 Å². The number of carbonyl (C=O) groups is 4. The van der Waals surface area contributed by atoms with Crippen molar-refractivity contribution in [2.45, 2.75) is 107 Å². The predicted molar refractivity (Wildman–Crippen MR) is 373 cm³/mol. The van der Waals surface area contributed by atoms with Gasteiger partial charge in [0.1, 0.15) is 39.4 Å². The van der Waals surface area contributed by atoms with E-state index < -0.39 is 18.1 Å². The molecule has 36 heteroatoms. The normalized spacial score (nSPS) is 23.0. The van der Waals surface area contributed by atoms with Crippen LogP contribution in [0, 0.1) is 29.4 Å². The van der Waals surface area contributed by atoms with Gasteiger partial charge in [-0.2, -0.15) is 32.9 Å². The van der Waals surface area contributed by atoms with Crippen molar-refractivity contribution in [2.75, 3.05) is 70.8 Å². The molecule has 15 heterocycles. The Kier molecular flexibility index (Phi) is 24.5. The highest BCUT2D eigenvalue weighted by Crippen LogP contribution is 2.43. The third-order valence-electron chi connectivity index (χ3n) is 17.9. The summed E-state index contributed by atoms with van der Waals surface area (Å²) >= 11 is 31.8. The van der Waals surface area contributed by atoms with Crippen LogP contribution in [0.3, 0.4) is 0 Å². The molecule has 0 spiro atoms. The molecule has 11 fully saturated rings. The van der Waals surface area contributed by atoms with Crippen molar-refractivity contribution >= 4 is 121 Å². The number of nitrogens with one attached hydrogen (secondary N) is 1. The van der Waals surface area contributed by atoms with Crippen molar-refractivity contribution in [3.05, 3.63) is 157 Å². The van der Waals surface area contributed by atoms with Crippen LogP contribution in [-0.2, 0) is 20.9 Å². The number of aliphatic hydroxyl groups is 1. The lowest BCUT2D eigenvalue weighted by molar-refractivity contribution is -0.604. The Morgan fingerprint density at radius 2 is 1.21 bits per heavy atom. The van der Waals surface area contributed by atoms with Crippen LogP contribution in [-0.4, -0.2) is 184 Å². The van der Waals surface area contributed by atoms with E-state index >= 15 is 0 Å². The van der Waals surface area contributed by atoms with Crippen LogP contribution in [0.5, 0.6) is 0 Å². The first-order chi connectivity index (χ1) is 49.1. The molecule has 102 heavy (non-hydrogen) atoms. The second kappa shape index (κ2) is 33.6. The van der Waals surface area contributed by atoms with Gasteiger partial charge in [-0.05, 0) is 131 Å². The summed E-state index contributed by atoms with van der Waals surface area (Å²) in [6, 6.07) is 17.4. The Labute approximate surface area is 615 Å². The second-order valence-corrected chi connectivity index (χ2v) is 28.8. The number of nitrogens with two attached hydrogens (primary N) is 1. The van der Waals surface area contributed by atoms with Crippen LogP contribution in [0.2, 0.25) is 25.8 Å². The summed E-state index contributed by atoms with van der Waals surface area (Å²) in [5, 5.41) is 37.9. The number of hydrogen-bond acceptors (Lipinski definition) is 20. The van der Waals surface area contributed by atoms with Crippen molar-refractivity contribution in [3.8, 4) is 0 Å². The van der Waals surface area contributed by atoms with Crippen molar-refractivity contribution in [1.29, 1.82) is 0 Å². The number of imidazole rings is 3. The maximum absolute atomic E-state index is 12.4. The quantitative estimate of drug-likeness (QED) is 0.0444. The maximum atomic E-state index is 12.4. The number of aliphatic hydroxyl groups excluding tert-OH is 1. The molecule has 540 valence electrons. The van der Waals surface area contributed by atoms with Crippen LogP contribution in [0.15, 0.2) is 96.2 Å². The molecular weight excluding hydrogens is 1500 g/mol. The Bertz CT molecular complexity index is 4490. The molecule has 7 aliphatic heterocycles. The predicted octanol–water partition coefficient (Wildman–Crippen LogP) is 9.48. The number of aromatic nitrogens is 13. The minimum Gasteiger partial charge on any atom is -0.388 e. The lowest BCUT2D eigenvalue weighted by Gasteiger charge is -2.56. The van der Waals surface area contributed by atoms with Crippen LogP contribution < -0.4 is 20.9 Å². The van der Waals surface area contributed by atoms with Crippen LogP contribution in [0.4, 0.5) is 23.4 Å². The number of Topliss-reactive ketones (excluding diaryl/α,β-unsaturated/α-hetero) is 1. The fraction of sp³-hybridized carbons (Fsp3) is 0.470. The summed E-state index contributed by atoms with van der Waals surface area (Å²) in [5.41, 5.74) is 13.4. The first-order valence-electron chi connectivity index (χ1n) is 33.3. The minimum absolute atomic E-state index is 0.00429. The van der Waals surface area contributed by atoms with E-state index in [2.05, 4.69) is 91.4 Å². The highest BCUT2D eigenvalue weighted by molar-refractivity contribution is 9.09. The smallest absolute Gasteiger partial charge is 0.343 e. The number of rotatable bonds is 12. The number of fused-ring (bicyclic) bond motifs is 4. The van der Waals surface area contributed by atoms with Gasteiger partial charge >= 0.3 is 5.49 Å². The average molecular weight is 1570 g/mol. The number of aldehydes is 1. The maximum Gasteiger partial charge on any atom is 0.343 e. The van der Waals surface area contributed by atoms with Crippen molar-refractivity contribution < 1.29 is 46.2 Å². The Morgan fingerprint density at radius 1 is 0.647 bits per heavy atom. The van der Waals surface area contributed by atoms with Gasteiger partial charge in [0, 0.05) is 73.4 Å². The largest absolute Gasteiger partial charge is 0.388 e. The topological polar surface area (TPSA) is 290 Å². The standard InChI is InChI=1S/C16H15ClF2N4O.C10H11ClN3O.C10H8ClN3O.C9H8ClN3.C6H7F2NO.C6H12N4.C5H7BrO.C4H4ClN3/c17-12-3-4-14-20-16(10-1-2-10)11(23(14)21-12)8-22-7-9(5-13(18)19)6-15(22)24;2*11-8-3-4-9-12-10(6-1-2-6)7(5-15)14(9)13-8;10-8-3-4-9-11-7(6-1-2-6)5-13(9)12-8;7-5(8)1-4-2-6(10)9-3-4;1-7-2-9-4-8(1)5-10(3-7)6-9;6-3-5(7)4-1-2-4;5-3-1-2-4(6)8-7-3/h3-5,9-10H,1-2,6-8H2;3-4,6,10,15H,1-2,5H2;3-6H,1-2H2;3-6H,1-2H2;1,4H,2-3H2,(H,9,10);1-6H2;4H,1-3H2;1-2H,(H2,6,8)/q;+1;;;;;;. The molecule has 20 rings (SSSR count). The molecule has 0 radical (unpaired) electrons. The molecule has 12 aliphatic rings. The van der Waals surface area contributed by atoms with E-state index in [-0.39, 0.29) is 49.8 Å². The number of hydrogen-bond donors (Lipinski definition) is 3. The van der Waals surface area contributed by atoms with E-state index in [1.54, 1.807) is 66.8 Å². The molecular formula is C66H72BrCl5F4N21O5+. The zero-order chi connectivity index (χ0) is 71.9. The summed E-state index contributed by atoms with van der Waals surface area (Å²) < 4.78 is 54.6. The van der Waals surface area contributed by atoms with Crippen LogP contribution in [0.1, 0.15) is 128 Å². The lowest BCUT2D eigenvalue weighted by Crippen LogP contribution is -2.71. The first-order valence-corrected chi connectivity index (χ1v) is 36.3. The van der Waals surface area contributed by atoms with E-state index in [0.717, 1.165) is 96.6 Å². The summed E-state index contributed by atoms with van der Waals surface area (Å²) in [6.07, 6.45) is 12.8. The van der Waals surface area contributed by atoms with E-state index in [9.17, 15) is 41.8 Å². The van der Waals surface area contributed by atoms with Crippen LogP contribution in [0.25, 0.3) is 16.9 Å². The van der Waals surface area contributed by atoms with E-state index in [0.29, 0.717) is 102 Å². The Hall–Kier alpha value is -7.30. The highest BCUT2D eigenvalue weighted by Gasteiger charge is 2.44. The monoisotopic (exact) mass is 1570 g/mol. The van der Waals surface area contributed by atoms with E-state index in [1.807, 2.05) is 18.3 Å². The number of alkyl halides is 1. The van der Waals surface area contributed by atoms with Crippen molar-refractivity contribution in [3.63, 3.8) is 0 Å². The van der Waals surface area contributed by atoms with Gasteiger partial charge in [-0.1, -0.05) is 88.4 Å². The number of likely N-dealkylation sites (tertiary alicyclic amines) is 1. The zero-order valence-corrected chi connectivity index (χ0v) is 60.3. The molecule has 6 saturated heterocycles. The zero-order valence-electron chi connectivity index (χ0n) is 54.9. The molecule has 8 aromatic rings. The Balaban J connectivity index is 0.000000113. The molecule has 5 aliphatic carbocycles. The molecule has 3 unspecified atom stereocenters. The third-order valence-corrected chi connectivity index (χ3v) is 19.4. The van der Waals surface area contributed by atoms with Gasteiger partial charge in [-0.15, -0.1) is 10.2 Å². The number of nitrogen functional groups attached to an aromatic ring is 1. The summed E-state index contributed by atoms with van der Waals surface area (Å²) in [5.74, 6) is 2.24. The second-order valence-electron chi connectivity index (χ2n) is 26.3. The number of halogens is 10. The molecule has 0 aromatic carbocycles. The summed E-state index contributed by atoms with van der Waals surface area (Å²) in [6.45, 7) is 8.07. The fourth-order valence-electron chi connectivity index (χ4n) is 12.4.